The Balaban J connectivity index is 1.78. The maximum absolute atomic E-state index is 12.9. The molecule has 1 amide bonds. The van der Waals surface area contributed by atoms with Crippen LogP contribution in [0.2, 0.25) is 0 Å². The molecule has 1 fully saturated rings. The molecular formula is C22H21N5O. The second kappa shape index (κ2) is 7.29. The summed E-state index contributed by atoms with van der Waals surface area (Å²) in [7, 11) is 0. The van der Waals surface area contributed by atoms with Crippen LogP contribution in [0.25, 0.3) is 16.9 Å². The van der Waals surface area contributed by atoms with Gasteiger partial charge in [-0.1, -0.05) is 29.8 Å². The predicted molar refractivity (Wildman–Crippen MR) is 107 cm³/mol. The fraction of sp³-hybridized carbons (Fsp3) is 0.227. The average Bonchev–Trinajstić information content (AvgIpc) is 3.35. The van der Waals surface area contributed by atoms with E-state index >= 15 is 0 Å². The molecular weight excluding hydrogens is 350 g/mol. The molecule has 2 N–H and O–H groups in total. The third-order valence-electron chi connectivity index (χ3n) is 5.03. The lowest BCUT2D eigenvalue weighted by molar-refractivity contribution is 0.0784. The first kappa shape index (κ1) is 18.0. The first-order chi connectivity index (χ1) is 13.5. The van der Waals surface area contributed by atoms with Gasteiger partial charge in [0.1, 0.15) is 0 Å². The minimum atomic E-state index is -0.103. The topological polar surface area (TPSA) is 87.9 Å². The summed E-state index contributed by atoms with van der Waals surface area (Å²) in [5.41, 5.74) is 10.7. The van der Waals surface area contributed by atoms with E-state index in [4.69, 9.17) is 11.0 Å². The molecule has 2 aromatic carbocycles. The van der Waals surface area contributed by atoms with E-state index in [1.165, 1.54) is 0 Å². The van der Waals surface area contributed by atoms with Crippen molar-refractivity contribution < 1.29 is 4.79 Å². The van der Waals surface area contributed by atoms with Crippen LogP contribution in [-0.2, 0) is 0 Å². The molecule has 1 aromatic heterocycles. The number of nitrogens with two attached hydrogens (primary N) is 1. The van der Waals surface area contributed by atoms with E-state index in [9.17, 15) is 4.79 Å². The number of nitrogens with zero attached hydrogens (tertiary/aromatic N) is 4. The summed E-state index contributed by atoms with van der Waals surface area (Å²) in [5.74, 6) is -0.103. The van der Waals surface area contributed by atoms with E-state index in [0.29, 0.717) is 24.3 Å². The number of rotatable bonds is 3. The van der Waals surface area contributed by atoms with Crippen LogP contribution in [0.1, 0.15) is 28.0 Å². The summed E-state index contributed by atoms with van der Waals surface area (Å²) in [6.07, 6.45) is 0.812. The Morgan fingerprint density at radius 1 is 1.18 bits per heavy atom. The van der Waals surface area contributed by atoms with Crippen molar-refractivity contribution in [1.29, 1.82) is 5.26 Å². The molecule has 6 nitrogen and oxygen atoms in total. The van der Waals surface area contributed by atoms with Crippen LogP contribution in [0, 0.1) is 18.3 Å². The van der Waals surface area contributed by atoms with Crippen molar-refractivity contribution in [2.75, 3.05) is 13.1 Å². The largest absolute Gasteiger partial charge is 0.336 e. The van der Waals surface area contributed by atoms with Gasteiger partial charge in [-0.15, -0.1) is 0 Å². The number of amides is 1. The molecule has 0 radical (unpaired) electrons. The first-order valence-corrected chi connectivity index (χ1v) is 9.27. The minimum absolute atomic E-state index is 0.0288. The molecule has 0 bridgehead atoms. The zero-order valence-corrected chi connectivity index (χ0v) is 15.7. The van der Waals surface area contributed by atoms with Gasteiger partial charge in [-0.3, -0.25) is 4.79 Å². The second-order valence-electron chi connectivity index (χ2n) is 7.15. The average molecular weight is 371 g/mol. The maximum atomic E-state index is 12.9. The fourth-order valence-electron chi connectivity index (χ4n) is 3.42. The number of aromatic nitrogens is 2. The van der Waals surface area contributed by atoms with Gasteiger partial charge < -0.3 is 10.6 Å². The van der Waals surface area contributed by atoms with Crippen molar-refractivity contribution in [2.45, 2.75) is 19.4 Å². The lowest BCUT2D eigenvalue weighted by Gasteiger charge is -2.13. The zero-order valence-electron chi connectivity index (χ0n) is 15.7. The number of hydrogen-bond donors (Lipinski definition) is 1. The van der Waals surface area contributed by atoms with Crippen molar-refractivity contribution in [1.82, 2.24) is 14.7 Å². The molecule has 0 spiro atoms. The Morgan fingerprint density at radius 3 is 2.50 bits per heavy atom. The van der Waals surface area contributed by atoms with Gasteiger partial charge in [-0.25, -0.2) is 4.68 Å². The number of benzene rings is 2. The first-order valence-electron chi connectivity index (χ1n) is 9.27. The van der Waals surface area contributed by atoms with E-state index in [-0.39, 0.29) is 11.9 Å². The number of nitriles is 1. The van der Waals surface area contributed by atoms with E-state index in [2.05, 4.69) is 11.2 Å². The quantitative estimate of drug-likeness (QED) is 0.767. The van der Waals surface area contributed by atoms with Crippen LogP contribution < -0.4 is 5.73 Å². The smallest absolute Gasteiger partial charge is 0.274 e. The van der Waals surface area contributed by atoms with Gasteiger partial charge in [0.05, 0.1) is 23.0 Å². The van der Waals surface area contributed by atoms with Gasteiger partial charge in [0.25, 0.3) is 5.91 Å². The van der Waals surface area contributed by atoms with Crippen molar-refractivity contribution in [3.05, 3.63) is 71.4 Å². The van der Waals surface area contributed by atoms with E-state index in [1.54, 1.807) is 21.7 Å². The standard InChI is InChI=1S/C22H21N5O/c1-15-2-8-19(9-3-15)27-21(17-6-4-16(13-23)5-7-17)12-20(25-27)22(28)26-11-10-18(24)14-26/h2-9,12,18H,10-11,14,24H2,1H3/t18-/m1/s1. The van der Waals surface area contributed by atoms with E-state index < -0.39 is 0 Å². The highest BCUT2D eigenvalue weighted by molar-refractivity contribution is 5.94. The van der Waals surface area contributed by atoms with Crippen LogP contribution in [0.15, 0.2) is 54.6 Å². The number of aryl methyl sites for hydroxylation is 1. The number of likely N-dealkylation sites (tertiary alicyclic amines) is 1. The predicted octanol–water partition coefficient (Wildman–Crippen LogP) is 2.89. The van der Waals surface area contributed by atoms with Crippen LogP contribution in [-0.4, -0.2) is 39.7 Å². The van der Waals surface area contributed by atoms with Crippen LogP contribution in [0.4, 0.5) is 0 Å². The van der Waals surface area contributed by atoms with Gasteiger partial charge in [0.2, 0.25) is 0 Å². The van der Waals surface area contributed by atoms with Crippen molar-refractivity contribution in [3.63, 3.8) is 0 Å². The maximum Gasteiger partial charge on any atom is 0.274 e. The SMILES string of the molecule is Cc1ccc(-n2nc(C(=O)N3CC[C@@H](N)C3)cc2-c2ccc(C#N)cc2)cc1. The summed E-state index contributed by atoms with van der Waals surface area (Å²) < 4.78 is 1.78. The lowest BCUT2D eigenvalue weighted by atomic mass is 10.1. The highest BCUT2D eigenvalue weighted by atomic mass is 16.2. The summed E-state index contributed by atoms with van der Waals surface area (Å²) in [6.45, 7) is 3.24. The lowest BCUT2D eigenvalue weighted by Crippen LogP contribution is -2.32. The Kier molecular flexibility index (Phi) is 4.68. The molecule has 140 valence electrons. The highest BCUT2D eigenvalue weighted by Crippen LogP contribution is 2.26. The van der Waals surface area contributed by atoms with Gasteiger partial charge in [0.15, 0.2) is 5.69 Å². The molecule has 2 heterocycles. The molecule has 6 heteroatoms. The molecule has 28 heavy (non-hydrogen) atoms. The van der Waals surface area contributed by atoms with Gasteiger partial charge >= 0.3 is 0 Å². The third kappa shape index (κ3) is 3.40. The molecule has 1 atom stereocenters. The summed E-state index contributed by atoms with van der Waals surface area (Å²) in [4.78, 5) is 14.7. The molecule has 4 rings (SSSR count). The summed E-state index contributed by atoms with van der Waals surface area (Å²) in [5, 5.41) is 13.7. The van der Waals surface area contributed by atoms with Gasteiger partial charge in [-0.05, 0) is 43.7 Å². The van der Waals surface area contributed by atoms with Crippen LogP contribution >= 0.6 is 0 Å². The Bertz CT molecular complexity index is 1040. The fourth-order valence-corrected chi connectivity index (χ4v) is 3.42. The molecule has 0 saturated carbocycles. The molecule has 1 aliphatic rings. The number of carbonyl (C=O) groups is 1. The van der Waals surface area contributed by atoms with Crippen LogP contribution in [0.3, 0.4) is 0 Å². The Labute approximate surface area is 163 Å². The van der Waals surface area contributed by atoms with Gasteiger partial charge in [0, 0.05) is 24.7 Å². The Morgan fingerprint density at radius 2 is 1.89 bits per heavy atom. The van der Waals surface area contributed by atoms with Crippen molar-refractivity contribution in [3.8, 4) is 23.0 Å². The van der Waals surface area contributed by atoms with Crippen molar-refractivity contribution in [2.24, 2.45) is 5.73 Å². The second-order valence-corrected chi connectivity index (χ2v) is 7.15. The highest BCUT2D eigenvalue weighted by Gasteiger charge is 2.27. The van der Waals surface area contributed by atoms with E-state index in [0.717, 1.165) is 28.9 Å². The molecule has 0 unspecified atom stereocenters. The minimum Gasteiger partial charge on any atom is -0.336 e. The number of hydrogen-bond acceptors (Lipinski definition) is 4. The Hall–Kier alpha value is -3.43. The molecule has 1 aliphatic heterocycles. The van der Waals surface area contributed by atoms with Gasteiger partial charge in [-0.2, -0.15) is 10.4 Å². The van der Waals surface area contributed by atoms with E-state index in [1.807, 2.05) is 49.4 Å². The summed E-state index contributed by atoms with van der Waals surface area (Å²) in [6, 6.07) is 19.2. The summed E-state index contributed by atoms with van der Waals surface area (Å²) >= 11 is 0. The third-order valence-corrected chi connectivity index (χ3v) is 5.03. The molecule has 3 aromatic rings. The normalized spacial score (nSPS) is 16.2. The van der Waals surface area contributed by atoms with Crippen LogP contribution in [0.5, 0.6) is 0 Å². The number of carbonyl (C=O) groups excluding carboxylic acids is 1. The molecule has 1 saturated heterocycles. The monoisotopic (exact) mass is 371 g/mol. The zero-order chi connectivity index (χ0) is 19.7. The molecule has 0 aliphatic carbocycles. The van der Waals surface area contributed by atoms with Crippen molar-refractivity contribution >= 4 is 5.91 Å².